The van der Waals surface area contributed by atoms with Gasteiger partial charge in [0.15, 0.2) is 0 Å². The Kier molecular flexibility index (Phi) is 1.73. The van der Waals surface area contributed by atoms with E-state index in [1.54, 1.807) is 0 Å². The van der Waals surface area contributed by atoms with Crippen LogP contribution < -0.4 is 0 Å². The van der Waals surface area contributed by atoms with Crippen LogP contribution in [0.5, 0.6) is 0 Å². The average molecular weight is 143 g/mol. The molecule has 0 bridgehead atoms. The Morgan fingerprint density at radius 2 is 2.67 bits per heavy atom. The van der Waals surface area contributed by atoms with Crippen LogP contribution in [-0.2, 0) is 0 Å². The van der Waals surface area contributed by atoms with E-state index in [-0.39, 0.29) is 0 Å². The molecule has 0 spiro atoms. The Labute approximate surface area is 44.7 Å². The summed E-state index contributed by atoms with van der Waals surface area (Å²) in [5.74, 6) is 4.32. The fourth-order valence-electron chi connectivity index (χ4n) is 0.346. The molecule has 0 unspecified atom stereocenters. The third kappa shape index (κ3) is 1.12. The maximum absolute atomic E-state index is 2.24. The summed E-state index contributed by atoms with van der Waals surface area (Å²) >= 11 is 0.786. The zero-order valence-corrected chi connectivity index (χ0v) is 5.14. The van der Waals surface area contributed by atoms with Crippen molar-refractivity contribution in [2.75, 3.05) is 0 Å². The molecule has 0 atom stereocenters. The molecule has 0 aromatic heterocycles. The minimum atomic E-state index is 0.786. The SMILES string of the molecule is B1=CC[Se]C=C1. The van der Waals surface area contributed by atoms with Crippen molar-refractivity contribution in [1.82, 2.24) is 0 Å². The quantitative estimate of drug-likeness (QED) is 0.421. The van der Waals surface area contributed by atoms with Gasteiger partial charge in [0.25, 0.3) is 0 Å². The van der Waals surface area contributed by atoms with Crippen LogP contribution in [-0.4, -0.2) is 27.8 Å². The van der Waals surface area contributed by atoms with Crippen molar-refractivity contribution in [3.8, 4) is 0 Å². The van der Waals surface area contributed by atoms with Gasteiger partial charge in [0.2, 0.25) is 0 Å². The summed E-state index contributed by atoms with van der Waals surface area (Å²) in [6.07, 6.45) is 0. The van der Waals surface area contributed by atoms with E-state index in [2.05, 4.69) is 23.8 Å². The van der Waals surface area contributed by atoms with E-state index in [1.807, 2.05) is 0 Å². The monoisotopic (exact) mass is 144 g/mol. The summed E-state index contributed by atoms with van der Waals surface area (Å²) < 4.78 is 0. The minimum absolute atomic E-state index is 0.786. The van der Waals surface area contributed by atoms with Gasteiger partial charge >= 0.3 is 44.1 Å². The molecular weight excluding hydrogens is 138 g/mol. The van der Waals surface area contributed by atoms with Gasteiger partial charge in [-0.15, -0.1) is 0 Å². The second-order valence-corrected chi connectivity index (χ2v) is 3.06. The van der Waals surface area contributed by atoms with E-state index < -0.39 is 0 Å². The molecule has 1 heterocycles. The summed E-state index contributed by atoms with van der Waals surface area (Å²) in [4.78, 5) is 2.24. The Balaban J connectivity index is 2.46. The van der Waals surface area contributed by atoms with E-state index in [1.165, 1.54) is 5.32 Å². The Morgan fingerprint density at radius 3 is 2.83 bits per heavy atom. The average Bonchev–Trinajstić information content (AvgIpc) is 1.72. The van der Waals surface area contributed by atoms with Gasteiger partial charge in [0.1, 0.15) is 0 Å². The molecule has 0 saturated heterocycles. The molecule has 0 amide bonds. The van der Waals surface area contributed by atoms with Gasteiger partial charge in [0.05, 0.1) is 0 Å². The van der Waals surface area contributed by atoms with Crippen molar-refractivity contribution in [1.29, 1.82) is 0 Å². The third-order valence-electron chi connectivity index (χ3n) is 0.614. The molecule has 0 fully saturated rings. The first-order valence-corrected chi connectivity index (χ1v) is 4.13. The Bertz CT molecular complexity index is 73.5. The molecule has 0 radical (unpaired) electrons. The molecule has 2 heteroatoms. The molecule has 0 nitrogen and oxygen atoms in total. The van der Waals surface area contributed by atoms with Crippen molar-refractivity contribution in [2.45, 2.75) is 5.32 Å². The molecule has 0 aliphatic carbocycles. The van der Waals surface area contributed by atoms with Gasteiger partial charge in [-0.2, -0.15) is 0 Å². The van der Waals surface area contributed by atoms with Gasteiger partial charge in [-0.1, -0.05) is 0 Å². The summed E-state index contributed by atoms with van der Waals surface area (Å²) in [5, 5.41) is 1.30. The zero-order chi connectivity index (χ0) is 4.24. The fourth-order valence-corrected chi connectivity index (χ4v) is 1.47. The van der Waals surface area contributed by atoms with Crippen LogP contribution in [0.25, 0.3) is 0 Å². The molecule has 1 aliphatic heterocycles. The van der Waals surface area contributed by atoms with Crippen molar-refractivity contribution in [3.63, 3.8) is 0 Å². The fraction of sp³-hybridized carbons (Fsp3) is 0.250. The van der Waals surface area contributed by atoms with E-state index >= 15 is 0 Å². The molecule has 30 valence electrons. The molecule has 0 aromatic rings. The second kappa shape index (κ2) is 2.38. The van der Waals surface area contributed by atoms with E-state index in [9.17, 15) is 0 Å². The number of rotatable bonds is 0. The van der Waals surface area contributed by atoms with E-state index in [0.717, 1.165) is 15.0 Å². The van der Waals surface area contributed by atoms with Crippen LogP contribution in [0.1, 0.15) is 0 Å². The summed E-state index contributed by atoms with van der Waals surface area (Å²) in [6.45, 7) is 2.10. The first-order valence-electron chi connectivity index (χ1n) is 1.93. The standard InChI is InChI=1S/C4H5BSe/c1-3-6-4-2-5-1/h1-3H,4H2. The normalized spacial score (nSPS) is 17.3. The Hall–Kier alpha value is 0.194. The van der Waals surface area contributed by atoms with Crippen LogP contribution in [0.3, 0.4) is 0 Å². The first-order chi connectivity index (χ1) is 3.00. The van der Waals surface area contributed by atoms with Crippen LogP contribution in [0.4, 0.5) is 0 Å². The summed E-state index contributed by atoms with van der Waals surface area (Å²) in [6, 6.07) is 0. The van der Waals surface area contributed by atoms with Crippen molar-refractivity contribution >= 4 is 27.8 Å². The maximum atomic E-state index is 2.24. The molecule has 1 aliphatic rings. The van der Waals surface area contributed by atoms with Gasteiger partial charge in [-0.3, -0.25) is 0 Å². The van der Waals surface area contributed by atoms with Gasteiger partial charge in [-0.25, -0.2) is 0 Å². The van der Waals surface area contributed by atoms with Crippen molar-refractivity contribution in [2.24, 2.45) is 0 Å². The van der Waals surface area contributed by atoms with Crippen molar-refractivity contribution in [3.05, 3.63) is 10.9 Å². The molecule has 6 heavy (non-hydrogen) atoms. The third-order valence-corrected chi connectivity index (χ3v) is 2.16. The molecule has 0 aromatic carbocycles. The molecular formula is C4H5BSe. The Morgan fingerprint density at radius 1 is 1.67 bits per heavy atom. The predicted octanol–water partition coefficient (Wildman–Crippen LogP) is 0.100. The van der Waals surface area contributed by atoms with E-state index in [0.29, 0.717) is 0 Å². The van der Waals surface area contributed by atoms with Crippen LogP contribution in [0.15, 0.2) is 10.9 Å². The number of hydrogen-bond acceptors (Lipinski definition) is 0. The molecule has 0 N–H and O–H groups in total. The van der Waals surface area contributed by atoms with Gasteiger partial charge in [0, 0.05) is 0 Å². The predicted molar refractivity (Wildman–Crippen MR) is 31.5 cm³/mol. The van der Waals surface area contributed by atoms with Gasteiger partial charge in [-0.05, 0) is 0 Å². The summed E-state index contributed by atoms with van der Waals surface area (Å²) in [7, 11) is 0. The number of hydrogen-bond donors (Lipinski definition) is 0. The molecule has 1 rings (SSSR count). The second-order valence-electron chi connectivity index (χ2n) is 1.09. The summed E-state index contributed by atoms with van der Waals surface area (Å²) in [5.41, 5.74) is 0. The van der Waals surface area contributed by atoms with Gasteiger partial charge < -0.3 is 0 Å². The first kappa shape index (κ1) is 4.36. The van der Waals surface area contributed by atoms with Crippen LogP contribution in [0.2, 0.25) is 5.32 Å². The van der Waals surface area contributed by atoms with Crippen LogP contribution >= 0.6 is 0 Å². The van der Waals surface area contributed by atoms with E-state index in [4.69, 9.17) is 0 Å². The topological polar surface area (TPSA) is 0 Å². The molecule has 0 saturated carbocycles. The zero-order valence-electron chi connectivity index (χ0n) is 3.42. The van der Waals surface area contributed by atoms with Crippen LogP contribution in [0, 0.1) is 0 Å². The van der Waals surface area contributed by atoms with Crippen molar-refractivity contribution < 1.29 is 0 Å².